The van der Waals surface area contributed by atoms with Gasteiger partial charge < -0.3 is 20.1 Å². The predicted molar refractivity (Wildman–Crippen MR) is 124 cm³/mol. The summed E-state index contributed by atoms with van der Waals surface area (Å²) >= 11 is 6.49. The summed E-state index contributed by atoms with van der Waals surface area (Å²) in [6.07, 6.45) is 11.6. The van der Waals surface area contributed by atoms with Crippen molar-refractivity contribution in [1.82, 2.24) is 15.0 Å². The first kappa shape index (κ1) is 22.2. The topological polar surface area (TPSA) is 83.4 Å². The Morgan fingerprint density at radius 1 is 1.10 bits per heavy atom. The maximum Gasteiger partial charge on any atom is 0.147 e. The van der Waals surface area contributed by atoms with Crippen LogP contribution in [-0.4, -0.2) is 59.5 Å². The summed E-state index contributed by atoms with van der Waals surface area (Å²) in [5.41, 5.74) is 1.58. The van der Waals surface area contributed by atoms with Crippen LogP contribution in [0, 0.1) is 11.8 Å². The van der Waals surface area contributed by atoms with Gasteiger partial charge in [-0.2, -0.15) is 0 Å². The molecule has 7 nitrogen and oxygen atoms in total. The highest BCUT2D eigenvalue weighted by Gasteiger charge is 2.21. The minimum Gasteiger partial charge on any atom is -0.396 e. The molecule has 1 saturated heterocycles. The molecule has 1 aliphatic carbocycles. The Morgan fingerprint density at radius 2 is 1.87 bits per heavy atom. The van der Waals surface area contributed by atoms with Gasteiger partial charge in [0, 0.05) is 51.2 Å². The number of nitrogens with zero attached hydrogens (tertiary/aromatic N) is 4. The third-order valence-corrected chi connectivity index (χ3v) is 6.78. The molecule has 3 heterocycles. The average molecular weight is 446 g/mol. The van der Waals surface area contributed by atoms with Crippen LogP contribution in [0.3, 0.4) is 0 Å². The van der Waals surface area contributed by atoms with Gasteiger partial charge in [-0.15, -0.1) is 0 Å². The molecule has 2 aromatic rings. The summed E-state index contributed by atoms with van der Waals surface area (Å²) in [5, 5.41) is 13.4. The monoisotopic (exact) mass is 445 g/mol. The maximum absolute atomic E-state index is 9.34. The minimum absolute atomic E-state index is 0.286. The molecule has 0 amide bonds. The quantitative estimate of drug-likeness (QED) is 0.665. The second-order valence-corrected chi connectivity index (χ2v) is 9.20. The van der Waals surface area contributed by atoms with Gasteiger partial charge in [0.25, 0.3) is 0 Å². The molecule has 2 fully saturated rings. The van der Waals surface area contributed by atoms with Crippen molar-refractivity contribution < 1.29 is 9.84 Å². The number of aliphatic hydroxyl groups is 1. The SMILES string of the molecule is CN(CC1CCOCC1)c1cncc(-c2cc(NC3CCC(CO)CC3)ncc2Cl)n1. The van der Waals surface area contributed by atoms with Crippen LogP contribution < -0.4 is 10.2 Å². The van der Waals surface area contributed by atoms with Gasteiger partial charge in [-0.05, 0) is 56.4 Å². The summed E-state index contributed by atoms with van der Waals surface area (Å²) < 4.78 is 5.47. The number of aromatic nitrogens is 3. The largest absolute Gasteiger partial charge is 0.396 e. The lowest BCUT2D eigenvalue weighted by Gasteiger charge is -2.28. The maximum atomic E-state index is 9.34. The standard InChI is InChI=1S/C23H32ClN5O2/c1-29(14-16-6-8-31-9-7-16)23-13-25-12-21(28-23)19-10-22(26-11-20(19)24)27-18-4-2-17(15-30)3-5-18/h10-13,16-18,30H,2-9,14-15H2,1H3,(H,26,27). The smallest absolute Gasteiger partial charge is 0.147 e. The minimum atomic E-state index is 0.286. The number of hydrogen-bond donors (Lipinski definition) is 2. The normalized spacial score (nSPS) is 22.3. The van der Waals surface area contributed by atoms with Crippen molar-refractivity contribution in [2.75, 3.05) is 43.6 Å². The number of halogens is 1. The Kier molecular flexibility index (Phi) is 7.58. The van der Waals surface area contributed by atoms with E-state index >= 15 is 0 Å². The van der Waals surface area contributed by atoms with Crippen LogP contribution in [0.25, 0.3) is 11.3 Å². The third-order valence-electron chi connectivity index (χ3n) is 6.47. The summed E-state index contributed by atoms with van der Waals surface area (Å²) in [6, 6.07) is 2.33. The molecular weight excluding hydrogens is 414 g/mol. The summed E-state index contributed by atoms with van der Waals surface area (Å²) in [6.45, 7) is 2.91. The Hall–Kier alpha value is -1.96. The number of hydrogen-bond acceptors (Lipinski definition) is 7. The first-order chi connectivity index (χ1) is 15.1. The van der Waals surface area contributed by atoms with E-state index in [1.807, 2.05) is 6.07 Å². The fourth-order valence-corrected chi connectivity index (χ4v) is 4.69. The molecule has 1 saturated carbocycles. The average Bonchev–Trinajstić information content (AvgIpc) is 2.81. The van der Waals surface area contributed by atoms with E-state index in [2.05, 4.69) is 27.2 Å². The summed E-state index contributed by atoms with van der Waals surface area (Å²) in [4.78, 5) is 15.9. The van der Waals surface area contributed by atoms with Crippen molar-refractivity contribution in [2.45, 2.75) is 44.6 Å². The van der Waals surface area contributed by atoms with Gasteiger partial charge in [0.1, 0.15) is 11.6 Å². The van der Waals surface area contributed by atoms with E-state index in [-0.39, 0.29) is 6.61 Å². The number of ether oxygens (including phenoxy) is 1. The predicted octanol–water partition coefficient (Wildman–Crippen LogP) is 4.02. The van der Waals surface area contributed by atoms with E-state index in [1.165, 1.54) is 0 Å². The molecule has 0 aromatic carbocycles. The second-order valence-electron chi connectivity index (χ2n) is 8.79. The highest BCUT2D eigenvalue weighted by molar-refractivity contribution is 6.33. The third kappa shape index (κ3) is 5.84. The van der Waals surface area contributed by atoms with Crippen LogP contribution in [0.5, 0.6) is 0 Å². The van der Waals surface area contributed by atoms with Crippen LogP contribution in [0.4, 0.5) is 11.6 Å². The first-order valence-corrected chi connectivity index (χ1v) is 11.6. The zero-order valence-electron chi connectivity index (χ0n) is 18.1. The number of nitrogens with one attached hydrogen (secondary N) is 1. The molecule has 0 bridgehead atoms. The highest BCUT2D eigenvalue weighted by atomic mass is 35.5. The molecule has 2 N–H and O–H groups in total. The Labute approximate surface area is 189 Å². The van der Waals surface area contributed by atoms with E-state index in [0.717, 1.165) is 81.2 Å². The lowest BCUT2D eigenvalue weighted by atomic mass is 9.86. The molecule has 4 rings (SSSR count). The van der Waals surface area contributed by atoms with Gasteiger partial charge >= 0.3 is 0 Å². The van der Waals surface area contributed by atoms with Gasteiger partial charge in [0.05, 0.1) is 23.1 Å². The van der Waals surface area contributed by atoms with Crippen LogP contribution in [0.1, 0.15) is 38.5 Å². The van der Waals surface area contributed by atoms with Crippen molar-refractivity contribution >= 4 is 23.2 Å². The molecule has 0 atom stereocenters. The Balaban J connectivity index is 1.46. The van der Waals surface area contributed by atoms with Crippen molar-refractivity contribution in [3.63, 3.8) is 0 Å². The van der Waals surface area contributed by atoms with Gasteiger partial charge in [0.15, 0.2) is 0 Å². The first-order valence-electron chi connectivity index (χ1n) is 11.3. The zero-order valence-corrected chi connectivity index (χ0v) is 18.9. The number of pyridine rings is 1. The molecule has 0 radical (unpaired) electrons. The van der Waals surface area contributed by atoms with E-state index < -0.39 is 0 Å². The lowest BCUT2D eigenvalue weighted by Crippen LogP contribution is -2.30. The van der Waals surface area contributed by atoms with Crippen molar-refractivity contribution in [1.29, 1.82) is 0 Å². The number of aliphatic hydroxyl groups excluding tert-OH is 1. The number of anilines is 2. The molecule has 0 unspecified atom stereocenters. The van der Waals surface area contributed by atoms with Crippen LogP contribution in [-0.2, 0) is 4.74 Å². The van der Waals surface area contributed by atoms with E-state index in [4.69, 9.17) is 21.3 Å². The molecule has 8 heteroatoms. The zero-order chi connectivity index (χ0) is 21.6. The van der Waals surface area contributed by atoms with Crippen molar-refractivity contribution in [2.24, 2.45) is 11.8 Å². The van der Waals surface area contributed by atoms with Gasteiger partial charge in [-0.25, -0.2) is 9.97 Å². The van der Waals surface area contributed by atoms with Crippen LogP contribution in [0.2, 0.25) is 5.02 Å². The van der Waals surface area contributed by atoms with E-state index in [9.17, 15) is 5.11 Å². The van der Waals surface area contributed by atoms with Crippen LogP contribution >= 0.6 is 11.6 Å². The van der Waals surface area contributed by atoms with Crippen molar-refractivity contribution in [3.05, 3.63) is 29.7 Å². The van der Waals surface area contributed by atoms with Gasteiger partial charge in [0.2, 0.25) is 0 Å². The second kappa shape index (κ2) is 10.6. The summed E-state index contributed by atoms with van der Waals surface area (Å²) in [5.74, 6) is 2.69. The molecule has 2 aromatic heterocycles. The molecule has 168 valence electrons. The van der Waals surface area contributed by atoms with Gasteiger partial charge in [-0.1, -0.05) is 11.6 Å². The molecule has 31 heavy (non-hydrogen) atoms. The van der Waals surface area contributed by atoms with Crippen LogP contribution in [0.15, 0.2) is 24.7 Å². The van der Waals surface area contributed by atoms with E-state index in [0.29, 0.717) is 22.9 Å². The fraction of sp³-hybridized carbons (Fsp3) is 0.609. The lowest BCUT2D eigenvalue weighted by molar-refractivity contribution is 0.0685. The van der Waals surface area contributed by atoms with E-state index in [1.54, 1.807) is 18.6 Å². The number of rotatable bonds is 7. The molecule has 1 aliphatic heterocycles. The van der Waals surface area contributed by atoms with Gasteiger partial charge in [-0.3, -0.25) is 4.98 Å². The highest BCUT2D eigenvalue weighted by Crippen LogP contribution is 2.31. The Morgan fingerprint density at radius 3 is 2.61 bits per heavy atom. The summed E-state index contributed by atoms with van der Waals surface area (Å²) in [7, 11) is 2.06. The Bertz CT molecular complexity index is 854. The van der Waals surface area contributed by atoms with Crippen molar-refractivity contribution in [3.8, 4) is 11.3 Å². The molecular formula is C23H32ClN5O2. The molecule has 0 spiro atoms. The fourth-order valence-electron chi connectivity index (χ4n) is 4.49. The molecule has 2 aliphatic rings.